The van der Waals surface area contributed by atoms with Crippen LogP contribution in [0, 0.1) is 16.7 Å². The summed E-state index contributed by atoms with van der Waals surface area (Å²) in [4.78, 5) is 25.9. The molecule has 3 fully saturated rings. The number of rotatable bonds is 3. The molecule has 1 aliphatic heterocycles. The van der Waals surface area contributed by atoms with Crippen molar-refractivity contribution in [2.75, 3.05) is 0 Å². The Morgan fingerprint density at radius 3 is 2.40 bits per heavy atom. The number of carbonyl (C=O) groups excluding carboxylic acids is 2. The summed E-state index contributed by atoms with van der Waals surface area (Å²) in [6, 6.07) is 0. The first kappa shape index (κ1) is 23.4. The van der Waals surface area contributed by atoms with E-state index in [1.807, 2.05) is 13.8 Å². The number of carbonyl (C=O) groups is 2. The Bertz CT molecular complexity index is 763. The molecule has 1 saturated heterocycles. The van der Waals surface area contributed by atoms with Crippen LogP contribution in [0.5, 0.6) is 0 Å². The number of ketones is 1. The lowest BCUT2D eigenvalue weighted by atomic mass is 9.40. The molecule has 170 valence electrons. The van der Waals surface area contributed by atoms with Crippen LogP contribution in [0.15, 0.2) is 12.7 Å². The molecule has 0 aromatic heterocycles. The Morgan fingerprint density at radius 1 is 1.27 bits per heavy atom. The van der Waals surface area contributed by atoms with Crippen LogP contribution in [0.3, 0.4) is 0 Å². The van der Waals surface area contributed by atoms with E-state index in [4.69, 9.17) is 9.47 Å². The van der Waals surface area contributed by atoms with E-state index in [1.165, 1.54) is 13.0 Å². The van der Waals surface area contributed by atoms with Gasteiger partial charge in [0.2, 0.25) is 0 Å². The Balaban J connectivity index is 2.30. The Labute approximate surface area is 178 Å². The fraction of sp³-hybridized carbons (Fsp3) is 0.826. The lowest BCUT2D eigenvalue weighted by Gasteiger charge is -2.71. The van der Waals surface area contributed by atoms with Crippen LogP contribution in [0.2, 0.25) is 0 Å². The van der Waals surface area contributed by atoms with E-state index in [-0.39, 0.29) is 12.8 Å². The number of Topliss-reactive ketones (excluding diaryl/α,β-unsaturated/α-hetero) is 1. The van der Waals surface area contributed by atoms with Gasteiger partial charge in [-0.25, -0.2) is 0 Å². The number of hydrogen-bond acceptors (Lipinski definition) is 7. The van der Waals surface area contributed by atoms with Gasteiger partial charge in [0, 0.05) is 24.2 Å². The average Bonchev–Trinajstić information content (AvgIpc) is 2.66. The van der Waals surface area contributed by atoms with Crippen LogP contribution in [0.4, 0.5) is 0 Å². The SMILES string of the molecule is C=C[C@@]1(C)CC(=O)[C@]2(O)C3(C)[C@@H](O)CCC(C)(C)[C@@H]3C(OC(=O)CC)C(O)[C@@]2(C)O1. The maximum atomic E-state index is 13.6. The molecule has 0 radical (unpaired) electrons. The molecule has 3 aliphatic rings. The third-order valence-corrected chi connectivity index (χ3v) is 8.29. The monoisotopic (exact) mass is 424 g/mol. The second-order valence-corrected chi connectivity index (χ2v) is 10.6. The molecule has 3 rings (SSSR count). The Hall–Kier alpha value is -1.28. The molecule has 0 amide bonds. The summed E-state index contributed by atoms with van der Waals surface area (Å²) in [5.41, 5.74) is -7.04. The highest BCUT2D eigenvalue weighted by atomic mass is 16.6. The summed E-state index contributed by atoms with van der Waals surface area (Å²) in [5, 5.41) is 34.8. The van der Waals surface area contributed by atoms with Crippen molar-refractivity contribution in [3.63, 3.8) is 0 Å². The number of aliphatic hydroxyl groups excluding tert-OH is 2. The lowest BCUT2D eigenvalue weighted by Crippen LogP contribution is -2.86. The van der Waals surface area contributed by atoms with Gasteiger partial charge in [-0.1, -0.05) is 33.8 Å². The minimum absolute atomic E-state index is 0.112. The fourth-order valence-corrected chi connectivity index (χ4v) is 6.64. The summed E-state index contributed by atoms with van der Waals surface area (Å²) in [6.07, 6.45) is -1.17. The zero-order chi connectivity index (χ0) is 22.9. The van der Waals surface area contributed by atoms with Gasteiger partial charge < -0.3 is 24.8 Å². The largest absolute Gasteiger partial charge is 0.459 e. The van der Waals surface area contributed by atoms with Crippen molar-refractivity contribution in [2.24, 2.45) is 16.7 Å². The van der Waals surface area contributed by atoms with Gasteiger partial charge >= 0.3 is 5.97 Å². The van der Waals surface area contributed by atoms with Crippen molar-refractivity contribution in [3.8, 4) is 0 Å². The van der Waals surface area contributed by atoms with E-state index in [1.54, 1.807) is 20.8 Å². The normalized spacial score (nSPS) is 50.2. The standard InChI is InChI=1S/C23H36O7/c1-8-15(26)29-16-17-19(3,4)11-10-13(24)21(17,6)23(28)14(25)12-20(5,9-2)30-22(23,7)18(16)27/h9,13,16-18,24,27-28H,2,8,10-12H2,1,3-7H3/t13-,16?,17-,18?,20-,21?,22+,23-/m0/s1. The van der Waals surface area contributed by atoms with Crippen molar-refractivity contribution in [2.45, 2.75) is 102 Å². The van der Waals surface area contributed by atoms with Gasteiger partial charge in [-0.3, -0.25) is 9.59 Å². The zero-order valence-electron chi connectivity index (χ0n) is 18.9. The van der Waals surface area contributed by atoms with Gasteiger partial charge in [0.05, 0.1) is 11.7 Å². The third kappa shape index (κ3) is 2.71. The molecule has 0 bridgehead atoms. The predicted molar refractivity (Wildman–Crippen MR) is 109 cm³/mol. The smallest absolute Gasteiger partial charge is 0.305 e. The number of fused-ring (bicyclic) bond motifs is 3. The topological polar surface area (TPSA) is 113 Å². The molecular weight excluding hydrogens is 388 g/mol. The minimum Gasteiger partial charge on any atom is -0.459 e. The van der Waals surface area contributed by atoms with Crippen LogP contribution in [0.25, 0.3) is 0 Å². The quantitative estimate of drug-likeness (QED) is 0.468. The van der Waals surface area contributed by atoms with Gasteiger partial charge in [0.15, 0.2) is 11.4 Å². The van der Waals surface area contributed by atoms with Gasteiger partial charge in [-0.15, -0.1) is 6.58 Å². The number of aliphatic hydroxyl groups is 3. The molecule has 2 saturated carbocycles. The van der Waals surface area contributed by atoms with E-state index in [9.17, 15) is 24.9 Å². The first-order valence-corrected chi connectivity index (χ1v) is 10.8. The minimum atomic E-state index is -2.18. The van der Waals surface area contributed by atoms with Crippen molar-refractivity contribution >= 4 is 11.8 Å². The molecule has 30 heavy (non-hydrogen) atoms. The first-order valence-electron chi connectivity index (χ1n) is 10.8. The fourth-order valence-electron chi connectivity index (χ4n) is 6.64. The van der Waals surface area contributed by atoms with Gasteiger partial charge in [0.25, 0.3) is 0 Å². The number of hydrogen-bond donors (Lipinski definition) is 3. The number of ether oxygens (including phenoxy) is 2. The highest BCUT2D eigenvalue weighted by molar-refractivity contribution is 5.92. The van der Waals surface area contributed by atoms with E-state index in [0.29, 0.717) is 12.8 Å². The van der Waals surface area contributed by atoms with E-state index in [2.05, 4.69) is 6.58 Å². The van der Waals surface area contributed by atoms with E-state index >= 15 is 0 Å². The molecule has 0 spiro atoms. The third-order valence-electron chi connectivity index (χ3n) is 8.29. The second-order valence-electron chi connectivity index (χ2n) is 10.6. The van der Waals surface area contributed by atoms with Crippen molar-refractivity contribution in [1.29, 1.82) is 0 Å². The molecule has 3 N–H and O–H groups in total. The van der Waals surface area contributed by atoms with Crippen molar-refractivity contribution < 1.29 is 34.4 Å². The lowest BCUT2D eigenvalue weighted by molar-refractivity contribution is -0.370. The molecular formula is C23H36O7. The molecule has 2 aliphatic carbocycles. The maximum Gasteiger partial charge on any atom is 0.305 e. The highest BCUT2D eigenvalue weighted by Gasteiger charge is 2.81. The van der Waals surface area contributed by atoms with Crippen LogP contribution in [-0.2, 0) is 19.1 Å². The summed E-state index contributed by atoms with van der Waals surface area (Å²) in [6.45, 7) is 14.1. The van der Waals surface area contributed by atoms with Crippen molar-refractivity contribution in [1.82, 2.24) is 0 Å². The summed E-state index contributed by atoms with van der Waals surface area (Å²) >= 11 is 0. The Morgan fingerprint density at radius 2 is 1.87 bits per heavy atom. The van der Waals surface area contributed by atoms with E-state index in [0.717, 1.165) is 0 Å². The van der Waals surface area contributed by atoms with Crippen molar-refractivity contribution in [3.05, 3.63) is 12.7 Å². The van der Waals surface area contributed by atoms with Gasteiger partial charge in [-0.2, -0.15) is 0 Å². The molecule has 7 heteroatoms. The molecule has 8 atom stereocenters. The van der Waals surface area contributed by atoms with Crippen LogP contribution in [0.1, 0.15) is 67.2 Å². The highest BCUT2D eigenvalue weighted by Crippen LogP contribution is 2.67. The maximum absolute atomic E-state index is 13.6. The predicted octanol–water partition coefficient (Wildman–Crippen LogP) is 1.91. The molecule has 7 nitrogen and oxygen atoms in total. The molecule has 0 aromatic carbocycles. The molecule has 0 aromatic rings. The average molecular weight is 425 g/mol. The second kappa shape index (κ2) is 6.86. The number of esters is 1. The van der Waals surface area contributed by atoms with Gasteiger partial charge in [-0.05, 0) is 32.1 Å². The van der Waals surface area contributed by atoms with Crippen LogP contribution >= 0.6 is 0 Å². The van der Waals surface area contributed by atoms with E-state index < -0.39 is 63.6 Å². The van der Waals surface area contributed by atoms with Gasteiger partial charge in [0.1, 0.15) is 17.8 Å². The summed E-state index contributed by atoms with van der Waals surface area (Å²) in [7, 11) is 0. The van der Waals surface area contributed by atoms with Crippen LogP contribution < -0.4 is 0 Å². The Kier molecular flexibility index (Phi) is 5.35. The van der Waals surface area contributed by atoms with Crippen LogP contribution in [-0.4, -0.2) is 62.2 Å². The summed E-state index contributed by atoms with van der Waals surface area (Å²) in [5.74, 6) is -1.68. The molecule has 3 unspecified atom stereocenters. The molecule has 1 heterocycles. The first-order chi connectivity index (χ1) is 13.6. The summed E-state index contributed by atoms with van der Waals surface area (Å²) < 4.78 is 12.0. The zero-order valence-corrected chi connectivity index (χ0v) is 18.9.